The van der Waals surface area contributed by atoms with Crippen LogP contribution in [-0.2, 0) is 0 Å². The molecule has 0 aliphatic heterocycles. The lowest BCUT2D eigenvalue weighted by Crippen LogP contribution is -2.32. The van der Waals surface area contributed by atoms with Crippen LogP contribution in [0, 0.1) is 13.8 Å². The summed E-state index contributed by atoms with van der Waals surface area (Å²) < 4.78 is 5.55. The first-order chi connectivity index (χ1) is 12.0. The molecule has 0 saturated heterocycles. The van der Waals surface area contributed by atoms with Crippen molar-refractivity contribution in [2.45, 2.75) is 33.2 Å². The maximum atomic E-state index is 5.55. The minimum absolute atomic E-state index is 0.180. The lowest BCUT2D eigenvalue weighted by molar-refractivity contribution is 0.363. The molecule has 25 heavy (non-hydrogen) atoms. The van der Waals surface area contributed by atoms with Crippen molar-refractivity contribution in [3.8, 4) is 5.75 Å². The molecule has 2 N–H and O–H groups in total. The molecule has 3 nitrogen and oxygen atoms in total. The van der Waals surface area contributed by atoms with E-state index < -0.39 is 0 Å². The molecule has 0 bridgehead atoms. The highest BCUT2D eigenvalue weighted by atomic mass is 32.1. The fourth-order valence-corrected chi connectivity index (χ4v) is 2.81. The topological polar surface area (TPSA) is 33.3 Å². The highest BCUT2D eigenvalue weighted by Crippen LogP contribution is 2.21. The van der Waals surface area contributed by atoms with Crippen molar-refractivity contribution in [2.24, 2.45) is 0 Å². The minimum Gasteiger partial charge on any atom is -0.489 e. The standard InChI is InChI=1S/C21H26N2OS/c1-5-12-24-19-9-7-8-18(14-19)22-21(25)23-20(6-2)17-11-10-15(3)16(4)13-17/h5,7-11,13-14,20H,1,6,12H2,2-4H3,(H2,22,23,25)/t20-/m1/s1. The van der Waals surface area contributed by atoms with Gasteiger partial charge in [0.2, 0.25) is 0 Å². The Labute approximate surface area is 156 Å². The van der Waals surface area contributed by atoms with Gasteiger partial charge in [-0.25, -0.2) is 0 Å². The Bertz CT molecular complexity index is 742. The van der Waals surface area contributed by atoms with Crippen molar-refractivity contribution in [1.82, 2.24) is 5.32 Å². The summed E-state index contributed by atoms with van der Waals surface area (Å²) in [5, 5.41) is 7.24. The molecule has 0 aliphatic rings. The maximum absolute atomic E-state index is 5.55. The summed E-state index contributed by atoms with van der Waals surface area (Å²) in [6.45, 7) is 10.6. The normalized spacial score (nSPS) is 11.5. The summed E-state index contributed by atoms with van der Waals surface area (Å²) in [7, 11) is 0. The summed E-state index contributed by atoms with van der Waals surface area (Å²) in [5.41, 5.74) is 4.74. The van der Waals surface area contributed by atoms with Crippen LogP contribution in [0.1, 0.15) is 36.1 Å². The molecule has 0 radical (unpaired) electrons. The Morgan fingerprint density at radius 1 is 1.20 bits per heavy atom. The van der Waals surface area contributed by atoms with Crippen molar-refractivity contribution >= 4 is 23.0 Å². The molecule has 2 aromatic carbocycles. The van der Waals surface area contributed by atoms with Gasteiger partial charge < -0.3 is 15.4 Å². The Balaban J connectivity index is 2.02. The number of hydrogen-bond donors (Lipinski definition) is 2. The molecular weight excluding hydrogens is 328 g/mol. The van der Waals surface area contributed by atoms with Crippen LogP contribution in [0.3, 0.4) is 0 Å². The smallest absolute Gasteiger partial charge is 0.171 e. The molecule has 0 spiro atoms. The first-order valence-electron chi connectivity index (χ1n) is 8.52. The molecule has 2 rings (SSSR count). The molecule has 4 heteroatoms. The van der Waals surface area contributed by atoms with Crippen molar-refractivity contribution in [3.63, 3.8) is 0 Å². The van der Waals surface area contributed by atoms with Crippen molar-refractivity contribution in [1.29, 1.82) is 0 Å². The lowest BCUT2D eigenvalue weighted by Gasteiger charge is -2.21. The second kappa shape index (κ2) is 9.23. The van der Waals surface area contributed by atoms with Crippen molar-refractivity contribution < 1.29 is 4.74 Å². The second-order valence-electron chi connectivity index (χ2n) is 6.03. The van der Waals surface area contributed by atoms with Gasteiger partial charge in [0.25, 0.3) is 0 Å². The van der Waals surface area contributed by atoms with E-state index in [9.17, 15) is 0 Å². The van der Waals surface area contributed by atoms with Crippen molar-refractivity contribution in [2.75, 3.05) is 11.9 Å². The average molecular weight is 355 g/mol. The van der Waals surface area contributed by atoms with Gasteiger partial charge in [0.15, 0.2) is 5.11 Å². The van der Waals surface area contributed by atoms with Gasteiger partial charge >= 0.3 is 0 Å². The summed E-state index contributed by atoms with van der Waals surface area (Å²) in [6, 6.07) is 14.5. The number of anilines is 1. The zero-order valence-corrected chi connectivity index (χ0v) is 16.0. The molecule has 0 aliphatic carbocycles. The molecule has 0 heterocycles. The SMILES string of the molecule is C=CCOc1cccc(NC(=S)N[C@H](CC)c2ccc(C)c(C)c2)c1. The summed E-state index contributed by atoms with van der Waals surface area (Å²) in [6.07, 6.45) is 2.68. The molecule has 0 unspecified atom stereocenters. The number of thiocarbonyl (C=S) groups is 1. The van der Waals surface area contributed by atoms with E-state index in [1.165, 1.54) is 16.7 Å². The van der Waals surface area contributed by atoms with Crippen LogP contribution >= 0.6 is 12.2 Å². The Kier molecular flexibility index (Phi) is 7.02. The Morgan fingerprint density at radius 2 is 2.00 bits per heavy atom. The number of aryl methyl sites for hydroxylation is 2. The van der Waals surface area contributed by atoms with Gasteiger partial charge in [-0.3, -0.25) is 0 Å². The number of hydrogen-bond acceptors (Lipinski definition) is 2. The molecule has 0 saturated carbocycles. The highest BCUT2D eigenvalue weighted by Gasteiger charge is 2.11. The van der Waals surface area contributed by atoms with E-state index in [-0.39, 0.29) is 6.04 Å². The van der Waals surface area contributed by atoms with Gasteiger partial charge in [0.05, 0.1) is 6.04 Å². The van der Waals surface area contributed by atoms with Crippen molar-refractivity contribution in [3.05, 3.63) is 71.8 Å². The predicted octanol–water partition coefficient (Wildman–Crippen LogP) is 5.31. The quantitative estimate of drug-likeness (QED) is 0.522. The zero-order valence-electron chi connectivity index (χ0n) is 15.1. The van der Waals surface area contributed by atoms with Crippen LogP contribution in [0.25, 0.3) is 0 Å². The maximum Gasteiger partial charge on any atom is 0.171 e. The molecule has 132 valence electrons. The molecule has 0 aromatic heterocycles. The van der Waals surface area contributed by atoms with E-state index in [4.69, 9.17) is 17.0 Å². The predicted molar refractivity (Wildman–Crippen MR) is 110 cm³/mol. The Hall–Kier alpha value is -2.33. The molecule has 2 aromatic rings. The first kappa shape index (κ1) is 19.0. The van der Waals surface area contributed by atoms with Crippen LogP contribution in [0.4, 0.5) is 5.69 Å². The monoisotopic (exact) mass is 354 g/mol. The van der Waals surface area contributed by atoms with E-state index in [1.54, 1.807) is 6.08 Å². The van der Waals surface area contributed by atoms with Crippen LogP contribution in [0.5, 0.6) is 5.75 Å². The third-order valence-electron chi connectivity index (χ3n) is 4.11. The van der Waals surface area contributed by atoms with Crippen LogP contribution < -0.4 is 15.4 Å². The van der Waals surface area contributed by atoms with Crippen LogP contribution in [-0.4, -0.2) is 11.7 Å². The number of benzene rings is 2. The molecule has 1 atom stereocenters. The average Bonchev–Trinajstić information content (AvgIpc) is 2.60. The van der Waals surface area contributed by atoms with Gasteiger partial charge in [-0.1, -0.05) is 43.8 Å². The van der Waals surface area contributed by atoms with E-state index in [0.29, 0.717) is 11.7 Å². The van der Waals surface area contributed by atoms with Crippen LogP contribution in [0.15, 0.2) is 55.1 Å². The van der Waals surface area contributed by atoms with Gasteiger partial charge in [-0.05, 0) is 61.3 Å². The van der Waals surface area contributed by atoms with Gasteiger partial charge in [-0.15, -0.1) is 0 Å². The largest absolute Gasteiger partial charge is 0.489 e. The number of ether oxygens (including phenoxy) is 1. The van der Waals surface area contributed by atoms with E-state index in [1.807, 2.05) is 24.3 Å². The van der Waals surface area contributed by atoms with Crippen LogP contribution in [0.2, 0.25) is 0 Å². The third-order valence-corrected chi connectivity index (χ3v) is 4.33. The highest BCUT2D eigenvalue weighted by molar-refractivity contribution is 7.80. The molecule has 0 fully saturated rings. The second-order valence-corrected chi connectivity index (χ2v) is 6.44. The minimum atomic E-state index is 0.180. The van der Waals surface area contributed by atoms with Gasteiger partial charge in [0, 0.05) is 11.8 Å². The van der Waals surface area contributed by atoms with E-state index in [0.717, 1.165) is 17.9 Å². The van der Waals surface area contributed by atoms with Gasteiger partial charge in [0.1, 0.15) is 12.4 Å². The first-order valence-corrected chi connectivity index (χ1v) is 8.92. The third kappa shape index (κ3) is 5.61. The number of rotatable bonds is 7. The van der Waals surface area contributed by atoms with E-state index in [2.05, 4.69) is 56.2 Å². The van der Waals surface area contributed by atoms with Gasteiger partial charge in [-0.2, -0.15) is 0 Å². The number of nitrogens with one attached hydrogen (secondary N) is 2. The summed E-state index contributed by atoms with van der Waals surface area (Å²) >= 11 is 5.49. The summed E-state index contributed by atoms with van der Waals surface area (Å²) in [5.74, 6) is 0.786. The molecule has 0 amide bonds. The molecular formula is C21H26N2OS. The lowest BCUT2D eigenvalue weighted by atomic mass is 9.99. The fraction of sp³-hybridized carbons (Fsp3) is 0.286. The fourth-order valence-electron chi connectivity index (χ4n) is 2.55. The van der Waals surface area contributed by atoms with E-state index >= 15 is 0 Å². The zero-order chi connectivity index (χ0) is 18.2. The Morgan fingerprint density at radius 3 is 2.68 bits per heavy atom. The summed E-state index contributed by atoms with van der Waals surface area (Å²) in [4.78, 5) is 0.